The molecule has 3 aromatic carbocycles. The number of aromatic hydroxyl groups is 1. The summed E-state index contributed by atoms with van der Waals surface area (Å²) in [5, 5.41) is 16.3. The van der Waals surface area contributed by atoms with Gasteiger partial charge in [-0.05, 0) is 62.4 Å². The van der Waals surface area contributed by atoms with Crippen LogP contribution in [-0.2, 0) is 16.1 Å². The van der Waals surface area contributed by atoms with Gasteiger partial charge in [0.25, 0.3) is 0 Å². The lowest BCUT2D eigenvalue weighted by molar-refractivity contribution is -0.165. The molecule has 1 aromatic heterocycles. The average molecular weight is 631 g/mol. The first-order valence-corrected chi connectivity index (χ1v) is 15.0. The van der Waals surface area contributed by atoms with Crippen LogP contribution in [0.5, 0.6) is 5.75 Å². The second kappa shape index (κ2) is 15.5. The summed E-state index contributed by atoms with van der Waals surface area (Å²) in [5.41, 5.74) is 3.90. The molecule has 3 amide bonds. The lowest BCUT2D eigenvalue weighted by Gasteiger charge is -2.48. The molecule has 0 bridgehead atoms. The van der Waals surface area contributed by atoms with E-state index in [0.717, 1.165) is 22.0 Å². The quantitative estimate of drug-likeness (QED) is 0.264. The number of aryl methyl sites for hydroxylation is 1. The largest absolute Gasteiger partial charge is 0.508 e. The number of amides is 3. The van der Waals surface area contributed by atoms with Crippen LogP contribution in [0.15, 0.2) is 85.1 Å². The van der Waals surface area contributed by atoms with E-state index in [-0.39, 0.29) is 31.1 Å². The van der Waals surface area contributed by atoms with E-state index in [2.05, 4.69) is 10.3 Å². The summed E-state index contributed by atoms with van der Waals surface area (Å²) in [6, 6.07) is 23.8. The van der Waals surface area contributed by atoms with Crippen molar-refractivity contribution in [1.29, 1.82) is 0 Å². The highest BCUT2D eigenvalue weighted by molar-refractivity contribution is 6.35. The first-order valence-electron chi connectivity index (χ1n) is 14.6. The van der Waals surface area contributed by atoms with Gasteiger partial charge in [-0.25, -0.2) is 14.8 Å². The summed E-state index contributed by atoms with van der Waals surface area (Å²) in [6.07, 6.45) is 1.73. The van der Waals surface area contributed by atoms with Gasteiger partial charge < -0.3 is 20.1 Å². The van der Waals surface area contributed by atoms with Crippen LogP contribution in [0.25, 0.3) is 10.9 Å². The molecule has 4 aromatic rings. The molecule has 11 heteroatoms. The van der Waals surface area contributed by atoms with Gasteiger partial charge in [-0.2, -0.15) is 0 Å². The number of benzene rings is 3. The van der Waals surface area contributed by atoms with Gasteiger partial charge in [-0.1, -0.05) is 65.7 Å². The molecule has 1 saturated heterocycles. The minimum atomic E-state index is -0.689. The molecule has 5 rings (SSSR count). The van der Waals surface area contributed by atoms with Crippen LogP contribution in [0.3, 0.4) is 0 Å². The Labute approximate surface area is 268 Å². The summed E-state index contributed by atoms with van der Waals surface area (Å²) in [7, 11) is 3.62. The lowest BCUT2D eigenvalue weighted by Crippen LogP contribution is -2.69. The Hall–Kier alpha value is -4.51. The van der Waals surface area contributed by atoms with Crippen molar-refractivity contribution in [3.63, 3.8) is 0 Å². The first kappa shape index (κ1) is 33.4. The molecule has 1 aliphatic rings. The molecular weight excluding hydrogens is 592 g/mol. The number of hydrazine groups is 1. The highest BCUT2D eigenvalue weighted by Gasteiger charge is 2.41. The fourth-order valence-corrected chi connectivity index (χ4v) is 5.42. The number of carbonyl (C=O) groups is 3. The van der Waals surface area contributed by atoms with Gasteiger partial charge in [-0.15, -0.1) is 0 Å². The molecule has 45 heavy (non-hydrogen) atoms. The second-order valence-electron chi connectivity index (χ2n) is 11.0. The number of hydrogen-bond donors (Lipinski definition) is 2. The number of aldehydes is 1. The third-order valence-electron chi connectivity index (χ3n) is 7.80. The van der Waals surface area contributed by atoms with Crippen molar-refractivity contribution < 1.29 is 19.5 Å². The SMILES string of the molecule is C[C@H](c1ccc(Cl)c2cccnc12)N(C)CC1N(CC=O)C(=O)CN(C)N1C(=O)NCc1ccccc1.Cc1ccc(O)cc1. The van der Waals surface area contributed by atoms with Gasteiger partial charge in [0.15, 0.2) is 0 Å². The maximum Gasteiger partial charge on any atom is 0.334 e. The van der Waals surface area contributed by atoms with Crippen molar-refractivity contribution >= 4 is 40.7 Å². The molecule has 2 atom stereocenters. The van der Waals surface area contributed by atoms with Crippen molar-refractivity contribution in [1.82, 2.24) is 30.1 Å². The molecule has 0 aliphatic carbocycles. The Morgan fingerprint density at radius 1 is 1.11 bits per heavy atom. The number of aromatic nitrogens is 1. The lowest BCUT2D eigenvalue weighted by atomic mass is 10.0. The molecule has 2 heterocycles. The predicted octanol–water partition coefficient (Wildman–Crippen LogP) is 5.01. The van der Waals surface area contributed by atoms with Crippen LogP contribution in [0, 0.1) is 6.92 Å². The first-order chi connectivity index (χ1) is 21.6. The van der Waals surface area contributed by atoms with Gasteiger partial charge in [0.05, 0.1) is 18.6 Å². The zero-order chi connectivity index (χ0) is 32.5. The Balaban J connectivity index is 0.000000501. The maximum absolute atomic E-state index is 13.4. The number of rotatable bonds is 8. The molecule has 1 aliphatic heterocycles. The molecule has 0 spiro atoms. The van der Waals surface area contributed by atoms with E-state index < -0.39 is 6.17 Å². The minimum Gasteiger partial charge on any atom is -0.508 e. The van der Waals surface area contributed by atoms with Crippen LogP contribution < -0.4 is 5.32 Å². The second-order valence-corrected chi connectivity index (χ2v) is 11.4. The van der Waals surface area contributed by atoms with Crippen molar-refractivity contribution in [2.75, 3.05) is 33.7 Å². The van der Waals surface area contributed by atoms with Crippen LogP contribution in [0.2, 0.25) is 5.02 Å². The molecule has 1 fully saturated rings. The van der Waals surface area contributed by atoms with Gasteiger partial charge in [0.1, 0.15) is 18.2 Å². The van der Waals surface area contributed by atoms with Crippen molar-refractivity contribution in [3.8, 4) is 5.75 Å². The number of hydrogen-bond acceptors (Lipinski definition) is 7. The number of nitrogens with zero attached hydrogens (tertiary/aromatic N) is 5. The molecule has 0 radical (unpaired) electrons. The third-order valence-corrected chi connectivity index (χ3v) is 8.13. The minimum absolute atomic E-state index is 0.00585. The number of nitrogens with one attached hydrogen (secondary N) is 1. The monoisotopic (exact) mass is 630 g/mol. The molecule has 10 nitrogen and oxygen atoms in total. The van der Waals surface area contributed by atoms with E-state index in [1.807, 2.05) is 92.5 Å². The third kappa shape index (κ3) is 8.36. The number of pyridine rings is 1. The Bertz CT molecular complexity index is 1580. The average Bonchev–Trinajstić information content (AvgIpc) is 3.04. The smallest absolute Gasteiger partial charge is 0.334 e. The Kier molecular flexibility index (Phi) is 11.5. The zero-order valence-corrected chi connectivity index (χ0v) is 26.7. The number of fused-ring (bicyclic) bond motifs is 1. The summed E-state index contributed by atoms with van der Waals surface area (Å²) < 4.78 is 0. The number of urea groups is 1. The van der Waals surface area contributed by atoms with Crippen molar-refractivity contribution in [3.05, 3.63) is 107 Å². The van der Waals surface area contributed by atoms with Crippen molar-refractivity contribution in [2.24, 2.45) is 0 Å². The number of halogens is 1. The summed E-state index contributed by atoms with van der Waals surface area (Å²) in [5.74, 6) is 0.113. The number of phenolic OH excluding ortho intramolecular Hbond substituents is 1. The fourth-order valence-electron chi connectivity index (χ4n) is 5.21. The number of carbonyl (C=O) groups excluding carboxylic acids is 3. The van der Waals surface area contributed by atoms with Crippen LogP contribution >= 0.6 is 11.6 Å². The molecule has 0 saturated carbocycles. The maximum atomic E-state index is 13.4. The van der Waals surface area contributed by atoms with E-state index >= 15 is 0 Å². The van der Waals surface area contributed by atoms with E-state index in [9.17, 15) is 14.4 Å². The van der Waals surface area contributed by atoms with E-state index in [1.54, 1.807) is 30.4 Å². The normalized spacial score (nSPS) is 15.9. The van der Waals surface area contributed by atoms with E-state index in [4.69, 9.17) is 16.7 Å². The standard InChI is InChI=1S/C27H31ClN6O3.C7H8O/c1-19(21-11-12-23(28)22-10-7-13-29-26(21)22)31(2)17-24-33(14-15-35)25(36)18-32(3)34(24)27(37)30-16-20-8-5-4-6-9-20;1-6-2-4-7(8)5-3-6/h4-13,15,19,24H,14,16-18H2,1-3H3,(H,30,37);2-5,8H,1H3/t19-,24?;/m1./s1. The predicted molar refractivity (Wildman–Crippen MR) is 175 cm³/mol. The molecule has 1 unspecified atom stereocenters. The topological polar surface area (TPSA) is 109 Å². The van der Waals surface area contributed by atoms with Gasteiger partial charge in [0.2, 0.25) is 5.91 Å². The zero-order valence-electron chi connectivity index (χ0n) is 25.9. The Morgan fingerprint density at radius 2 is 1.82 bits per heavy atom. The fraction of sp³-hybridized carbons (Fsp3) is 0.294. The Morgan fingerprint density at radius 3 is 2.49 bits per heavy atom. The van der Waals surface area contributed by atoms with Crippen LogP contribution in [0.1, 0.15) is 29.7 Å². The summed E-state index contributed by atoms with van der Waals surface area (Å²) in [4.78, 5) is 45.8. The number of phenols is 1. The van der Waals surface area contributed by atoms with E-state index in [1.165, 1.54) is 15.5 Å². The van der Waals surface area contributed by atoms with Crippen LogP contribution in [-0.4, -0.2) is 88.0 Å². The molecule has 236 valence electrons. The van der Waals surface area contributed by atoms with E-state index in [0.29, 0.717) is 30.1 Å². The highest BCUT2D eigenvalue weighted by Crippen LogP contribution is 2.31. The number of likely N-dealkylation sites (N-methyl/N-ethyl adjacent to an activating group) is 2. The van der Waals surface area contributed by atoms with Crippen LogP contribution in [0.4, 0.5) is 4.79 Å². The van der Waals surface area contributed by atoms with Gasteiger partial charge >= 0.3 is 6.03 Å². The molecule has 2 N–H and O–H groups in total. The van der Waals surface area contributed by atoms with Crippen molar-refractivity contribution in [2.45, 2.75) is 32.6 Å². The van der Waals surface area contributed by atoms with Gasteiger partial charge in [0, 0.05) is 42.8 Å². The van der Waals surface area contributed by atoms with Gasteiger partial charge in [-0.3, -0.25) is 14.7 Å². The summed E-state index contributed by atoms with van der Waals surface area (Å²) >= 11 is 6.40. The summed E-state index contributed by atoms with van der Waals surface area (Å²) in [6.45, 7) is 4.56. The molecular formula is C34H39ClN6O4. The highest BCUT2D eigenvalue weighted by atomic mass is 35.5.